The van der Waals surface area contributed by atoms with E-state index in [0.29, 0.717) is 24.5 Å². The summed E-state index contributed by atoms with van der Waals surface area (Å²) in [6.07, 6.45) is 1.08. The molecular weight excluding hydrogens is 379 g/mol. The van der Waals surface area contributed by atoms with Crippen LogP contribution in [0.3, 0.4) is 0 Å². The van der Waals surface area contributed by atoms with Gasteiger partial charge in [0.05, 0.1) is 6.54 Å². The smallest absolute Gasteiger partial charge is 0.251 e. The quantitative estimate of drug-likeness (QED) is 0.601. The summed E-state index contributed by atoms with van der Waals surface area (Å²) in [5.41, 5.74) is 4.68. The Kier molecular flexibility index (Phi) is 6.40. The highest BCUT2D eigenvalue weighted by Crippen LogP contribution is 2.20. The van der Waals surface area contributed by atoms with E-state index in [1.54, 1.807) is 12.1 Å². The minimum Gasteiger partial charge on any atom is -0.492 e. The maximum absolute atomic E-state index is 12.9. The van der Waals surface area contributed by atoms with Crippen LogP contribution in [0.25, 0.3) is 0 Å². The Bertz CT molecular complexity index is 987. The van der Waals surface area contributed by atoms with Crippen molar-refractivity contribution in [2.24, 2.45) is 0 Å². The molecule has 5 heteroatoms. The molecule has 1 heterocycles. The number of carbonyl (C=O) groups excluding carboxylic acids is 1. The van der Waals surface area contributed by atoms with Crippen molar-refractivity contribution < 1.29 is 13.9 Å². The zero-order valence-electron chi connectivity index (χ0n) is 16.8. The predicted octanol–water partition coefficient (Wildman–Crippen LogP) is 4.19. The third-order valence-electron chi connectivity index (χ3n) is 5.30. The average Bonchev–Trinajstić information content (AvgIpc) is 2.78. The summed E-state index contributed by atoms with van der Waals surface area (Å²) >= 11 is 0. The molecule has 0 atom stereocenters. The molecule has 4 rings (SSSR count). The van der Waals surface area contributed by atoms with Crippen LogP contribution in [0, 0.1) is 5.82 Å². The summed E-state index contributed by atoms with van der Waals surface area (Å²) < 4.78 is 18.4. The highest BCUT2D eigenvalue weighted by atomic mass is 19.1. The Balaban J connectivity index is 1.23. The Hall–Kier alpha value is -3.18. The van der Waals surface area contributed by atoms with Gasteiger partial charge in [-0.05, 0) is 59.5 Å². The van der Waals surface area contributed by atoms with Gasteiger partial charge in [-0.1, -0.05) is 36.4 Å². The first-order valence-corrected chi connectivity index (χ1v) is 10.2. The molecule has 1 amide bonds. The summed E-state index contributed by atoms with van der Waals surface area (Å²) in [5.74, 6) is 0.149. The van der Waals surface area contributed by atoms with Gasteiger partial charge in [0.15, 0.2) is 0 Å². The van der Waals surface area contributed by atoms with Gasteiger partial charge in [0.1, 0.15) is 18.2 Å². The van der Waals surface area contributed by atoms with Crippen LogP contribution in [0.2, 0.25) is 0 Å². The van der Waals surface area contributed by atoms with Crippen molar-refractivity contribution in [3.8, 4) is 5.75 Å². The Labute approximate surface area is 176 Å². The summed E-state index contributed by atoms with van der Waals surface area (Å²) in [5, 5.41) is 2.84. The van der Waals surface area contributed by atoms with Crippen molar-refractivity contribution in [1.29, 1.82) is 0 Å². The second-order valence-corrected chi connectivity index (χ2v) is 7.48. The van der Waals surface area contributed by atoms with E-state index in [4.69, 9.17) is 4.74 Å². The number of nitrogens with zero attached hydrogens (tertiary/aromatic N) is 1. The topological polar surface area (TPSA) is 41.6 Å². The monoisotopic (exact) mass is 404 g/mol. The average molecular weight is 404 g/mol. The highest BCUT2D eigenvalue weighted by Gasteiger charge is 2.16. The van der Waals surface area contributed by atoms with Crippen LogP contribution in [0.1, 0.15) is 27.0 Å². The van der Waals surface area contributed by atoms with E-state index in [0.717, 1.165) is 26.1 Å². The molecule has 30 heavy (non-hydrogen) atoms. The van der Waals surface area contributed by atoms with E-state index < -0.39 is 0 Å². The van der Waals surface area contributed by atoms with E-state index in [9.17, 15) is 9.18 Å². The van der Waals surface area contributed by atoms with Crippen LogP contribution in [-0.2, 0) is 19.5 Å². The third kappa shape index (κ3) is 5.24. The van der Waals surface area contributed by atoms with Gasteiger partial charge < -0.3 is 10.1 Å². The summed E-state index contributed by atoms with van der Waals surface area (Å²) in [6.45, 7) is 3.60. The fraction of sp³-hybridized carbons (Fsp3) is 0.240. The van der Waals surface area contributed by atoms with Gasteiger partial charge in [0.25, 0.3) is 5.91 Å². The first-order valence-electron chi connectivity index (χ1n) is 10.2. The maximum atomic E-state index is 12.9. The molecule has 1 aliphatic heterocycles. The second kappa shape index (κ2) is 9.55. The van der Waals surface area contributed by atoms with Crippen molar-refractivity contribution in [3.63, 3.8) is 0 Å². The van der Waals surface area contributed by atoms with Crippen LogP contribution >= 0.6 is 0 Å². The van der Waals surface area contributed by atoms with Crippen LogP contribution in [0.4, 0.5) is 4.39 Å². The van der Waals surface area contributed by atoms with Gasteiger partial charge >= 0.3 is 0 Å². The number of amides is 1. The molecule has 0 unspecified atom stereocenters. The molecule has 0 saturated carbocycles. The van der Waals surface area contributed by atoms with E-state index in [2.05, 4.69) is 34.5 Å². The summed E-state index contributed by atoms with van der Waals surface area (Å²) in [4.78, 5) is 14.7. The van der Waals surface area contributed by atoms with Crippen molar-refractivity contribution in [2.45, 2.75) is 19.5 Å². The molecule has 0 aliphatic carbocycles. The zero-order valence-corrected chi connectivity index (χ0v) is 16.8. The van der Waals surface area contributed by atoms with Crippen LogP contribution in [0.15, 0.2) is 72.8 Å². The molecule has 0 fully saturated rings. The lowest BCUT2D eigenvalue weighted by Crippen LogP contribution is -2.30. The molecule has 0 radical (unpaired) electrons. The first kappa shape index (κ1) is 20.1. The minimum atomic E-state index is -0.302. The van der Waals surface area contributed by atoms with Gasteiger partial charge in [0, 0.05) is 25.2 Å². The zero-order chi connectivity index (χ0) is 20.8. The maximum Gasteiger partial charge on any atom is 0.251 e. The summed E-state index contributed by atoms with van der Waals surface area (Å²) in [7, 11) is 0. The number of halogens is 1. The van der Waals surface area contributed by atoms with Gasteiger partial charge in [0.2, 0.25) is 0 Å². The van der Waals surface area contributed by atoms with Crippen molar-refractivity contribution >= 4 is 5.91 Å². The predicted molar refractivity (Wildman–Crippen MR) is 115 cm³/mol. The van der Waals surface area contributed by atoms with Gasteiger partial charge in [-0.3, -0.25) is 9.69 Å². The van der Waals surface area contributed by atoms with E-state index in [1.807, 2.05) is 24.3 Å². The highest BCUT2D eigenvalue weighted by molar-refractivity contribution is 5.94. The van der Waals surface area contributed by atoms with E-state index >= 15 is 0 Å². The number of benzene rings is 3. The lowest BCUT2D eigenvalue weighted by molar-refractivity contribution is 0.0947. The lowest BCUT2D eigenvalue weighted by Gasteiger charge is -2.28. The fourth-order valence-corrected chi connectivity index (χ4v) is 3.68. The van der Waals surface area contributed by atoms with Gasteiger partial charge in [-0.2, -0.15) is 0 Å². The second-order valence-electron chi connectivity index (χ2n) is 7.48. The molecule has 154 valence electrons. The molecule has 3 aromatic carbocycles. The minimum absolute atomic E-state index is 0.129. The van der Waals surface area contributed by atoms with Crippen LogP contribution < -0.4 is 10.1 Å². The number of hydrogen-bond acceptors (Lipinski definition) is 3. The third-order valence-corrected chi connectivity index (χ3v) is 5.30. The number of rotatable bonds is 7. The Morgan fingerprint density at radius 3 is 2.47 bits per heavy atom. The number of ether oxygens (including phenoxy) is 1. The first-order chi connectivity index (χ1) is 14.7. The van der Waals surface area contributed by atoms with Crippen molar-refractivity contribution in [2.75, 3.05) is 19.7 Å². The van der Waals surface area contributed by atoms with E-state index in [1.165, 1.54) is 28.8 Å². The molecule has 0 spiro atoms. The molecule has 0 bridgehead atoms. The molecule has 4 nitrogen and oxygen atoms in total. The van der Waals surface area contributed by atoms with Crippen LogP contribution in [-0.4, -0.2) is 30.5 Å². The largest absolute Gasteiger partial charge is 0.492 e. The van der Waals surface area contributed by atoms with Crippen molar-refractivity contribution in [3.05, 3.63) is 101 Å². The van der Waals surface area contributed by atoms with Crippen LogP contribution in [0.5, 0.6) is 5.75 Å². The molecule has 0 aromatic heterocycles. The fourth-order valence-electron chi connectivity index (χ4n) is 3.68. The summed E-state index contributed by atoms with van der Waals surface area (Å²) in [6, 6.07) is 22.2. The van der Waals surface area contributed by atoms with Gasteiger partial charge in [-0.25, -0.2) is 4.39 Å². The number of hydrogen-bond donors (Lipinski definition) is 1. The van der Waals surface area contributed by atoms with Crippen molar-refractivity contribution in [1.82, 2.24) is 10.2 Å². The van der Waals surface area contributed by atoms with Gasteiger partial charge in [-0.15, -0.1) is 0 Å². The number of fused-ring (bicyclic) bond motifs is 1. The number of nitrogens with one attached hydrogen (secondary N) is 1. The molecule has 3 aromatic rings. The molecule has 0 saturated heterocycles. The number of carbonyl (C=O) groups is 1. The molecule has 1 aliphatic rings. The molecular formula is C25H25FN2O2. The Morgan fingerprint density at radius 1 is 0.967 bits per heavy atom. The SMILES string of the molecule is O=C(NCCOc1ccc(F)cc1)c1ccc(CN2CCc3ccccc3C2)cc1. The standard InChI is InChI=1S/C25H25FN2O2/c26-23-9-11-24(12-10-23)30-16-14-27-25(29)21-7-5-19(6-8-21)17-28-15-13-20-3-1-2-4-22(20)18-28/h1-12H,13-18H2,(H,27,29). The van der Waals surface area contributed by atoms with E-state index in [-0.39, 0.29) is 11.7 Å². The molecule has 1 N–H and O–H groups in total. The Morgan fingerprint density at radius 2 is 1.70 bits per heavy atom. The normalized spacial score (nSPS) is 13.5. The lowest BCUT2D eigenvalue weighted by atomic mass is 9.99.